The molecule has 5 heteroatoms. The molecule has 29 heavy (non-hydrogen) atoms. The van der Waals surface area contributed by atoms with Crippen molar-refractivity contribution in [2.45, 2.75) is 39.3 Å². The van der Waals surface area contributed by atoms with Gasteiger partial charge in [-0.1, -0.05) is 93.6 Å². The minimum atomic E-state index is -2.49. The van der Waals surface area contributed by atoms with Gasteiger partial charge in [0.25, 0.3) is 0 Å². The van der Waals surface area contributed by atoms with E-state index in [-0.39, 0.29) is 5.41 Å². The summed E-state index contributed by atoms with van der Waals surface area (Å²) in [4.78, 5) is 0. The first-order valence-corrected chi connectivity index (χ1v) is 12.5. The molecule has 152 valence electrons. The number of benzene rings is 3. The average Bonchev–Trinajstić information content (AvgIpc) is 2.72. The van der Waals surface area contributed by atoms with Gasteiger partial charge < -0.3 is 4.52 Å². The van der Waals surface area contributed by atoms with Crippen LogP contribution < -0.4 is 14.7 Å². The Labute approximate surface area is 179 Å². The van der Waals surface area contributed by atoms with Gasteiger partial charge >= 0.3 is 0 Å². The van der Waals surface area contributed by atoms with E-state index in [1.807, 2.05) is 48.5 Å². The third kappa shape index (κ3) is 6.80. The van der Waals surface area contributed by atoms with E-state index in [0.29, 0.717) is 13.1 Å². The Morgan fingerprint density at radius 1 is 0.724 bits per heavy atom. The van der Waals surface area contributed by atoms with Gasteiger partial charge in [-0.05, 0) is 46.0 Å². The van der Waals surface area contributed by atoms with Gasteiger partial charge in [-0.3, -0.25) is 0 Å². The lowest BCUT2D eigenvalue weighted by molar-refractivity contribution is 0.568. The average molecular weight is 425 g/mol. The minimum absolute atomic E-state index is 0.107. The zero-order valence-corrected chi connectivity index (χ0v) is 19.0. The van der Waals surface area contributed by atoms with E-state index in [9.17, 15) is 0 Å². The second-order valence-corrected chi connectivity index (χ2v) is 11.5. The molecular weight excluding hydrogens is 395 g/mol. The Hall–Kier alpha value is -1.97. The van der Waals surface area contributed by atoms with E-state index in [1.165, 1.54) is 16.7 Å². The van der Waals surface area contributed by atoms with Crippen LogP contribution in [-0.4, -0.2) is 0 Å². The fourth-order valence-corrected chi connectivity index (χ4v) is 4.95. The molecule has 0 atom stereocenters. The van der Waals surface area contributed by atoms with Crippen molar-refractivity contribution in [1.29, 1.82) is 0 Å². The Morgan fingerprint density at radius 2 is 1.17 bits per heavy atom. The van der Waals surface area contributed by atoms with Gasteiger partial charge in [0.2, 0.25) is 6.57 Å². The molecule has 0 radical (unpaired) electrons. The molecule has 0 aromatic heterocycles. The summed E-state index contributed by atoms with van der Waals surface area (Å²) in [6.07, 6.45) is 0. The van der Waals surface area contributed by atoms with Gasteiger partial charge in [0, 0.05) is 13.1 Å². The van der Waals surface area contributed by atoms with Crippen molar-refractivity contribution in [1.82, 2.24) is 10.2 Å². The van der Waals surface area contributed by atoms with Crippen molar-refractivity contribution < 1.29 is 4.52 Å². The Bertz CT molecular complexity index is 891. The highest BCUT2D eigenvalue weighted by Crippen LogP contribution is 2.40. The van der Waals surface area contributed by atoms with E-state index in [0.717, 1.165) is 5.75 Å². The lowest BCUT2D eigenvalue weighted by Gasteiger charge is -2.26. The van der Waals surface area contributed by atoms with Crippen LogP contribution in [0.2, 0.25) is 0 Å². The van der Waals surface area contributed by atoms with Gasteiger partial charge in [0.05, 0.1) is 0 Å². The molecule has 3 rings (SSSR count). The van der Waals surface area contributed by atoms with Crippen LogP contribution in [0.3, 0.4) is 0 Å². The van der Waals surface area contributed by atoms with Crippen molar-refractivity contribution in [3.05, 3.63) is 102 Å². The number of rotatable bonds is 8. The van der Waals surface area contributed by atoms with E-state index < -0.39 is 6.57 Å². The smallest absolute Gasteiger partial charge is 0.248 e. The molecule has 0 saturated heterocycles. The largest absolute Gasteiger partial charge is 0.441 e. The first kappa shape index (κ1) is 21.7. The third-order valence-electron chi connectivity index (χ3n) is 4.62. The highest BCUT2D eigenvalue weighted by Gasteiger charge is 2.20. The molecule has 0 heterocycles. The molecule has 3 nitrogen and oxygen atoms in total. The van der Waals surface area contributed by atoms with Crippen LogP contribution >= 0.6 is 6.57 Å². The molecule has 0 spiro atoms. The third-order valence-corrected chi connectivity index (χ3v) is 7.24. The van der Waals surface area contributed by atoms with Gasteiger partial charge in [-0.2, -0.15) is 0 Å². The van der Waals surface area contributed by atoms with Gasteiger partial charge in [-0.25, -0.2) is 10.2 Å². The SMILES string of the molecule is CC(C)(C)c1ccc(OP(=S)(NCc2ccccc2)NCc2ccccc2)cc1. The molecular formula is C24H29N2OPS. The standard InChI is InChI=1S/C24H29N2OPS/c1-24(2,3)22-14-16-23(17-15-22)27-28(29,25-18-20-10-6-4-7-11-20)26-19-21-12-8-5-9-13-21/h4-17H,18-19H2,1-3H3,(H2,25,26,29). The Morgan fingerprint density at radius 3 is 1.59 bits per heavy atom. The molecule has 0 aliphatic rings. The summed E-state index contributed by atoms with van der Waals surface area (Å²) in [5.41, 5.74) is 3.73. The van der Waals surface area contributed by atoms with Crippen molar-refractivity contribution in [3.63, 3.8) is 0 Å². The second kappa shape index (κ2) is 9.69. The van der Waals surface area contributed by atoms with Crippen LogP contribution in [0.4, 0.5) is 0 Å². The molecule has 3 aromatic carbocycles. The quantitative estimate of drug-likeness (QED) is 0.424. The maximum absolute atomic E-state index is 6.32. The molecule has 0 unspecified atom stereocenters. The molecule has 0 bridgehead atoms. The summed E-state index contributed by atoms with van der Waals surface area (Å²) in [7, 11) is 0. The van der Waals surface area contributed by atoms with Gasteiger partial charge in [0.1, 0.15) is 5.75 Å². The summed E-state index contributed by atoms with van der Waals surface area (Å²) in [6, 6.07) is 28.7. The van der Waals surface area contributed by atoms with E-state index in [2.05, 4.69) is 67.3 Å². The minimum Gasteiger partial charge on any atom is -0.441 e. The molecule has 0 amide bonds. The second-order valence-electron chi connectivity index (χ2n) is 8.06. The molecule has 3 aromatic rings. The highest BCUT2D eigenvalue weighted by molar-refractivity contribution is 8.10. The van der Waals surface area contributed by atoms with E-state index >= 15 is 0 Å². The monoisotopic (exact) mass is 424 g/mol. The zero-order valence-electron chi connectivity index (χ0n) is 17.3. The van der Waals surface area contributed by atoms with Crippen molar-refractivity contribution in [2.24, 2.45) is 0 Å². The van der Waals surface area contributed by atoms with Crippen molar-refractivity contribution >= 4 is 18.4 Å². The van der Waals surface area contributed by atoms with Crippen LogP contribution in [0.25, 0.3) is 0 Å². The molecule has 0 aliphatic carbocycles. The summed E-state index contributed by atoms with van der Waals surface area (Å²) in [5.74, 6) is 0.780. The zero-order chi connectivity index (χ0) is 20.7. The van der Waals surface area contributed by atoms with Crippen LogP contribution in [0, 0.1) is 0 Å². The number of hydrogen-bond acceptors (Lipinski definition) is 2. The van der Waals surface area contributed by atoms with Gasteiger partial charge in [-0.15, -0.1) is 0 Å². The van der Waals surface area contributed by atoms with Crippen LogP contribution in [0.5, 0.6) is 5.75 Å². The van der Waals surface area contributed by atoms with Crippen molar-refractivity contribution in [2.75, 3.05) is 0 Å². The first-order valence-electron chi connectivity index (χ1n) is 9.82. The lowest BCUT2D eigenvalue weighted by Crippen LogP contribution is -2.25. The predicted molar refractivity (Wildman–Crippen MR) is 127 cm³/mol. The molecule has 0 fully saturated rings. The Kier molecular flexibility index (Phi) is 7.26. The molecule has 0 aliphatic heterocycles. The fraction of sp³-hybridized carbons (Fsp3) is 0.250. The van der Waals surface area contributed by atoms with Crippen molar-refractivity contribution in [3.8, 4) is 5.75 Å². The Balaban J connectivity index is 1.74. The van der Waals surface area contributed by atoms with Crippen LogP contribution in [0.1, 0.15) is 37.5 Å². The van der Waals surface area contributed by atoms with Crippen LogP contribution in [-0.2, 0) is 30.3 Å². The normalized spacial score (nSPS) is 12.0. The number of nitrogens with one attached hydrogen (secondary N) is 2. The molecule has 0 saturated carbocycles. The number of hydrogen-bond donors (Lipinski definition) is 2. The maximum atomic E-state index is 6.32. The molecule has 2 N–H and O–H groups in total. The van der Waals surface area contributed by atoms with E-state index in [4.69, 9.17) is 16.3 Å². The topological polar surface area (TPSA) is 33.3 Å². The summed E-state index contributed by atoms with van der Waals surface area (Å²) >= 11 is 5.96. The summed E-state index contributed by atoms with van der Waals surface area (Å²) in [6.45, 7) is 5.42. The maximum Gasteiger partial charge on any atom is 0.248 e. The fourth-order valence-electron chi connectivity index (χ4n) is 2.87. The van der Waals surface area contributed by atoms with Gasteiger partial charge in [0.15, 0.2) is 0 Å². The summed E-state index contributed by atoms with van der Waals surface area (Å²) < 4.78 is 6.32. The predicted octanol–water partition coefficient (Wildman–Crippen LogP) is 6.17. The van der Waals surface area contributed by atoms with E-state index in [1.54, 1.807) is 0 Å². The summed E-state index contributed by atoms with van der Waals surface area (Å²) in [5, 5.41) is 6.94. The highest BCUT2D eigenvalue weighted by atomic mass is 32.4. The first-order chi connectivity index (χ1) is 13.8. The van der Waals surface area contributed by atoms with Crippen LogP contribution in [0.15, 0.2) is 84.9 Å². The lowest BCUT2D eigenvalue weighted by atomic mass is 9.87.